The summed E-state index contributed by atoms with van der Waals surface area (Å²) in [4.78, 5) is 19.5. The highest BCUT2D eigenvalue weighted by atomic mass is 19.4. The number of rotatable bonds is 1. The summed E-state index contributed by atoms with van der Waals surface area (Å²) in [6.07, 6.45) is -7.89. The second kappa shape index (κ2) is 8.05. The molecule has 11 heteroatoms. The number of carbonyl (C=O) groups is 2. The van der Waals surface area contributed by atoms with E-state index in [0.717, 1.165) is 13.0 Å². The van der Waals surface area contributed by atoms with E-state index < -0.39 is 24.2 Å². The monoisotopic (exact) mass is 324 g/mol. The first-order valence-electron chi connectivity index (χ1n) is 5.83. The van der Waals surface area contributed by atoms with Gasteiger partial charge < -0.3 is 15.7 Å². The van der Waals surface area contributed by atoms with Gasteiger partial charge in [0.25, 0.3) is 0 Å². The second-order valence-electron chi connectivity index (χ2n) is 4.15. The highest BCUT2D eigenvalue weighted by molar-refractivity contribution is 5.81. The molecule has 1 amide bonds. The fourth-order valence-electron chi connectivity index (χ4n) is 1.43. The fourth-order valence-corrected chi connectivity index (χ4v) is 1.43. The molecular formula is C10H14F6N2O3. The number of alkyl halides is 6. The Hall–Kier alpha value is -1.52. The Morgan fingerprint density at radius 2 is 1.52 bits per heavy atom. The summed E-state index contributed by atoms with van der Waals surface area (Å²) in [5.74, 6) is -4.59. The summed E-state index contributed by atoms with van der Waals surface area (Å²) in [5, 5.41) is 12.2. The summed E-state index contributed by atoms with van der Waals surface area (Å²) < 4.78 is 67.4. The number of carbonyl (C=O) groups excluding carboxylic acids is 1. The van der Waals surface area contributed by atoms with E-state index in [4.69, 9.17) is 9.90 Å². The minimum absolute atomic E-state index is 0.348. The van der Waals surface area contributed by atoms with Crippen molar-refractivity contribution >= 4 is 11.9 Å². The van der Waals surface area contributed by atoms with Crippen molar-refractivity contribution in [3.05, 3.63) is 0 Å². The molecule has 1 heterocycles. The van der Waals surface area contributed by atoms with Crippen LogP contribution >= 0.6 is 0 Å². The molecule has 5 nitrogen and oxygen atoms in total. The first-order chi connectivity index (χ1) is 9.44. The lowest BCUT2D eigenvalue weighted by atomic mass is 10.1. The third-order valence-electron chi connectivity index (χ3n) is 2.41. The number of nitrogens with one attached hydrogen (secondary N) is 2. The van der Waals surface area contributed by atoms with Crippen LogP contribution in [0.5, 0.6) is 0 Å². The summed E-state index contributed by atoms with van der Waals surface area (Å²) in [6.45, 7) is 1.46. The van der Waals surface area contributed by atoms with Gasteiger partial charge in [0.05, 0.1) is 0 Å². The Kier molecular flexibility index (Phi) is 7.47. The van der Waals surface area contributed by atoms with E-state index in [1.165, 1.54) is 0 Å². The second-order valence-corrected chi connectivity index (χ2v) is 4.15. The first kappa shape index (κ1) is 19.5. The van der Waals surface area contributed by atoms with Gasteiger partial charge in [-0.15, -0.1) is 0 Å². The van der Waals surface area contributed by atoms with E-state index in [0.29, 0.717) is 19.4 Å². The highest BCUT2D eigenvalue weighted by Gasteiger charge is 2.39. The predicted octanol–water partition coefficient (Wildman–Crippen LogP) is 1.44. The van der Waals surface area contributed by atoms with E-state index in [9.17, 15) is 31.1 Å². The minimum Gasteiger partial charge on any atom is -0.475 e. The van der Waals surface area contributed by atoms with Gasteiger partial charge in [0.15, 0.2) is 0 Å². The predicted molar refractivity (Wildman–Crippen MR) is 58.4 cm³/mol. The van der Waals surface area contributed by atoms with E-state index in [-0.39, 0.29) is 6.04 Å². The molecule has 0 bridgehead atoms. The summed E-state index contributed by atoms with van der Waals surface area (Å²) in [5.41, 5.74) is 0. The number of aliphatic carboxylic acids is 1. The average molecular weight is 324 g/mol. The maximum Gasteiger partial charge on any atom is 0.490 e. The number of carboxylic acids is 1. The van der Waals surface area contributed by atoms with Gasteiger partial charge in [-0.05, 0) is 32.4 Å². The molecule has 124 valence electrons. The topological polar surface area (TPSA) is 78.4 Å². The largest absolute Gasteiger partial charge is 0.490 e. The van der Waals surface area contributed by atoms with Crippen LogP contribution in [-0.2, 0) is 9.59 Å². The molecule has 0 aromatic rings. The lowest BCUT2D eigenvalue weighted by Gasteiger charge is -2.16. The van der Waals surface area contributed by atoms with Crippen LogP contribution in [-0.4, -0.2) is 48.5 Å². The number of carboxylic acid groups (broad SMARTS) is 1. The van der Waals surface area contributed by atoms with Gasteiger partial charge in [0, 0.05) is 6.04 Å². The molecule has 1 aliphatic rings. The lowest BCUT2D eigenvalue weighted by molar-refractivity contribution is -0.192. The van der Waals surface area contributed by atoms with Crippen molar-refractivity contribution in [2.45, 2.75) is 37.7 Å². The molecule has 1 saturated heterocycles. The van der Waals surface area contributed by atoms with E-state index in [1.54, 1.807) is 0 Å². The molecule has 3 N–H and O–H groups in total. The highest BCUT2D eigenvalue weighted by Crippen LogP contribution is 2.16. The van der Waals surface area contributed by atoms with Crippen LogP contribution in [0.4, 0.5) is 26.3 Å². The van der Waals surface area contributed by atoms with Crippen LogP contribution < -0.4 is 10.6 Å². The molecule has 1 aliphatic heterocycles. The normalized spacial score (nSPS) is 19.8. The van der Waals surface area contributed by atoms with Crippen LogP contribution in [0.2, 0.25) is 0 Å². The van der Waals surface area contributed by atoms with Crippen molar-refractivity contribution in [1.29, 1.82) is 0 Å². The van der Waals surface area contributed by atoms with E-state index >= 15 is 0 Å². The standard InChI is InChI=1S/C8H13F3N2O.C2HF3O2/c9-8(10,11)7(14)13-6-2-1-4-12-5-3-6;3-2(4,5)1(6)7/h6,12H,1-5H2,(H,13,14);(H,6,7). The van der Waals surface area contributed by atoms with Crippen LogP contribution in [0.1, 0.15) is 19.3 Å². The molecule has 0 saturated carbocycles. The molecule has 0 aromatic carbocycles. The molecule has 0 aliphatic carbocycles. The number of halogens is 6. The third-order valence-corrected chi connectivity index (χ3v) is 2.41. The van der Waals surface area contributed by atoms with Gasteiger partial charge in [-0.3, -0.25) is 4.79 Å². The Balaban J connectivity index is 0.000000486. The average Bonchev–Trinajstić information content (AvgIpc) is 2.55. The molecule has 1 fully saturated rings. The van der Waals surface area contributed by atoms with Crippen molar-refractivity contribution in [3.8, 4) is 0 Å². The quantitative estimate of drug-likeness (QED) is 0.638. The Labute approximate surface area is 115 Å². The smallest absolute Gasteiger partial charge is 0.475 e. The maximum atomic E-state index is 11.9. The maximum absolute atomic E-state index is 11.9. The van der Waals surface area contributed by atoms with Crippen LogP contribution in [0.25, 0.3) is 0 Å². The summed E-state index contributed by atoms with van der Waals surface area (Å²) in [7, 11) is 0. The van der Waals surface area contributed by atoms with Crippen LogP contribution in [0.3, 0.4) is 0 Å². The molecule has 0 radical (unpaired) electrons. The van der Waals surface area contributed by atoms with Gasteiger partial charge in [-0.2, -0.15) is 26.3 Å². The van der Waals surface area contributed by atoms with E-state index in [1.807, 2.05) is 5.32 Å². The first-order valence-corrected chi connectivity index (χ1v) is 5.83. The Bertz CT molecular complexity index is 348. The van der Waals surface area contributed by atoms with Gasteiger partial charge >= 0.3 is 24.2 Å². The molecular weight excluding hydrogens is 310 g/mol. The Morgan fingerprint density at radius 3 is 1.95 bits per heavy atom. The fraction of sp³-hybridized carbons (Fsp3) is 0.800. The van der Waals surface area contributed by atoms with Crippen molar-refractivity contribution in [2.75, 3.05) is 13.1 Å². The van der Waals surface area contributed by atoms with Crippen molar-refractivity contribution < 1.29 is 41.0 Å². The number of hydrogen-bond donors (Lipinski definition) is 3. The third kappa shape index (κ3) is 9.10. The summed E-state index contributed by atoms with van der Waals surface area (Å²) >= 11 is 0. The molecule has 21 heavy (non-hydrogen) atoms. The van der Waals surface area contributed by atoms with Crippen molar-refractivity contribution in [1.82, 2.24) is 10.6 Å². The molecule has 0 spiro atoms. The molecule has 1 rings (SSSR count). The Morgan fingerprint density at radius 1 is 1.00 bits per heavy atom. The molecule has 1 unspecified atom stereocenters. The molecule has 0 aromatic heterocycles. The zero-order valence-electron chi connectivity index (χ0n) is 10.6. The van der Waals surface area contributed by atoms with Crippen LogP contribution in [0.15, 0.2) is 0 Å². The van der Waals surface area contributed by atoms with Gasteiger partial charge in [-0.25, -0.2) is 4.79 Å². The van der Waals surface area contributed by atoms with Crippen molar-refractivity contribution in [3.63, 3.8) is 0 Å². The SMILES string of the molecule is O=C(NC1CCCNCC1)C(F)(F)F.O=C(O)C(F)(F)F. The zero-order chi connectivity index (χ0) is 16.7. The zero-order valence-corrected chi connectivity index (χ0v) is 10.6. The van der Waals surface area contributed by atoms with E-state index in [2.05, 4.69) is 5.32 Å². The lowest BCUT2D eigenvalue weighted by Crippen LogP contribution is -2.43. The minimum atomic E-state index is -5.08. The van der Waals surface area contributed by atoms with Gasteiger partial charge in [0.2, 0.25) is 0 Å². The summed E-state index contributed by atoms with van der Waals surface area (Å²) in [6, 6.07) is -0.348. The van der Waals surface area contributed by atoms with Gasteiger partial charge in [-0.1, -0.05) is 0 Å². The molecule has 1 atom stereocenters. The number of amides is 1. The van der Waals surface area contributed by atoms with Gasteiger partial charge in [0.1, 0.15) is 0 Å². The van der Waals surface area contributed by atoms with Crippen LogP contribution in [0, 0.1) is 0 Å². The number of hydrogen-bond acceptors (Lipinski definition) is 3. The van der Waals surface area contributed by atoms with Crippen molar-refractivity contribution in [2.24, 2.45) is 0 Å².